The second-order valence-corrected chi connectivity index (χ2v) is 10.3. The molecule has 1 N–H and O–H groups in total. The molecule has 0 radical (unpaired) electrons. The quantitative estimate of drug-likeness (QED) is 0.446. The van der Waals surface area contributed by atoms with Crippen LogP contribution in [0.1, 0.15) is 53.6 Å². The normalized spacial score (nSPS) is 14.9. The number of aryl methyl sites for hydroxylation is 2. The van der Waals surface area contributed by atoms with Crippen molar-refractivity contribution in [1.82, 2.24) is 9.62 Å². The van der Waals surface area contributed by atoms with Gasteiger partial charge in [-0.3, -0.25) is 4.79 Å². The van der Waals surface area contributed by atoms with Gasteiger partial charge in [-0.1, -0.05) is 42.7 Å². The van der Waals surface area contributed by atoms with Gasteiger partial charge in [-0.2, -0.15) is 4.31 Å². The second-order valence-electron chi connectivity index (χ2n) is 8.31. The molecule has 2 aromatic carbocycles. The fourth-order valence-electron chi connectivity index (χ4n) is 3.71. The Morgan fingerprint density at radius 3 is 2.21 bits per heavy atom. The van der Waals surface area contributed by atoms with Crippen molar-refractivity contribution in [3.63, 3.8) is 0 Å². The molecule has 1 amide bonds. The van der Waals surface area contributed by atoms with E-state index in [1.165, 1.54) is 34.1 Å². The minimum Gasteiger partial charge on any atom is -0.460 e. The first-order chi connectivity index (χ1) is 15.9. The number of amides is 1. The number of carbonyl (C=O) groups is 2. The number of ether oxygens (including phenoxy) is 1. The van der Waals surface area contributed by atoms with Crippen molar-refractivity contribution in [2.24, 2.45) is 0 Å². The predicted octanol–water partition coefficient (Wildman–Crippen LogP) is 3.47. The van der Waals surface area contributed by atoms with Crippen LogP contribution in [0.5, 0.6) is 0 Å². The molecule has 1 heterocycles. The van der Waals surface area contributed by atoms with E-state index in [4.69, 9.17) is 4.74 Å². The standard InChI is InChI=1S/C25H32N2O5S/c1-20-6-8-21(9-7-20)10-15-24(28)26-16-19-32-25(29)22-11-13-23(14-12-22)33(30,31)27-17-4-2-3-5-18-27/h6-9,11-14H,2-5,10,15-19H2,1H3,(H,26,28). The van der Waals surface area contributed by atoms with Gasteiger partial charge in [0.05, 0.1) is 17.0 Å². The van der Waals surface area contributed by atoms with Crippen LogP contribution >= 0.6 is 0 Å². The van der Waals surface area contributed by atoms with E-state index in [1.807, 2.05) is 31.2 Å². The third kappa shape index (κ3) is 7.40. The molecule has 0 bridgehead atoms. The van der Waals surface area contributed by atoms with Crippen molar-refractivity contribution >= 4 is 21.9 Å². The Labute approximate surface area is 196 Å². The largest absolute Gasteiger partial charge is 0.460 e. The van der Waals surface area contributed by atoms with E-state index in [1.54, 1.807) is 0 Å². The highest BCUT2D eigenvalue weighted by Crippen LogP contribution is 2.21. The zero-order chi connectivity index (χ0) is 23.7. The average molecular weight is 473 g/mol. The van der Waals surface area contributed by atoms with Gasteiger partial charge < -0.3 is 10.1 Å². The minimum absolute atomic E-state index is 0.0446. The highest BCUT2D eigenvalue weighted by Gasteiger charge is 2.25. The zero-order valence-corrected chi connectivity index (χ0v) is 19.9. The number of hydrogen-bond donors (Lipinski definition) is 1. The molecule has 2 aromatic rings. The molecule has 0 spiro atoms. The maximum Gasteiger partial charge on any atom is 0.338 e. The summed E-state index contributed by atoms with van der Waals surface area (Å²) in [5.74, 6) is -0.655. The van der Waals surface area contributed by atoms with Crippen LogP contribution in [0.25, 0.3) is 0 Å². The maximum atomic E-state index is 12.8. The number of hydrogen-bond acceptors (Lipinski definition) is 5. The average Bonchev–Trinajstić information content (AvgIpc) is 3.12. The third-order valence-electron chi connectivity index (χ3n) is 5.71. The summed E-state index contributed by atoms with van der Waals surface area (Å²) in [4.78, 5) is 24.4. The van der Waals surface area contributed by atoms with Gasteiger partial charge in [0, 0.05) is 19.5 Å². The second kappa shape index (κ2) is 12.0. The van der Waals surface area contributed by atoms with Crippen LogP contribution < -0.4 is 5.32 Å². The highest BCUT2D eigenvalue weighted by molar-refractivity contribution is 7.89. The lowest BCUT2D eigenvalue weighted by atomic mass is 10.1. The summed E-state index contributed by atoms with van der Waals surface area (Å²) in [6.07, 6.45) is 4.84. The summed E-state index contributed by atoms with van der Waals surface area (Å²) in [6, 6.07) is 13.9. The van der Waals surface area contributed by atoms with E-state index >= 15 is 0 Å². The number of carbonyl (C=O) groups excluding carboxylic acids is 2. The van der Waals surface area contributed by atoms with Crippen LogP contribution in [0, 0.1) is 6.92 Å². The Morgan fingerprint density at radius 2 is 1.58 bits per heavy atom. The van der Waals surface area contributed by atoms with Gasteiger partial charge in [-0.25, -0.2) is 13.2 Å². The van der Waals surface area contributed by atoms with Crippen LogP contribution in [0.3, 0.4) is 0 Å². The summed E-state index contributed by atoms with van der Waals surface area (Å²) in [6.45, 7) is 3.35. The van der Waals surface area contributed by atoms with Gasteiger partial charge >= 0.3 is 5.97 Å². The Morgan fingerprint density at radius 1 is 0.939 bits per heavy atom. The van der Waals surface area contributed by atoms with E-state index in [0.29, 0.717) is 25.9 Å². The Kier molecular flexibility index (Phi) is 9.03. The summed E-state index contributed by atoms with van der Waals surface area (Å²) >= 11 is 0. The molecule has 7 nitrogen and oxygen atoms in total. The van der Waals surface area contributed by atoms with E-state index in [9.17, 15) is 18.0 Å². The summed E-state index contributed by atoms with van der Waals surface area (Å²) in [5, 5.41) is 2.74. The minimum atomic E-state index is -3.55. The molecule has 8 heteroatoms. The zero-order valence-electron chi connectivity index (χ0n) is 19.1. The van der Waals surface area contributed by atoms with Gasteiger partial charge in [0.25, 0.3) is 0 Å². The molecule has 1 saturated heterocycles. The van der Waals surface area contributed by atoms with Crippen molar-refractivity contribution < 1.29 is 22.7 Å². The molecular weight excluding hydrogens is 440 g/mol. The summed E-state index contributed by atoms with van der Waals surface area (Å²) in [5.41, 5.74) is 2.55. The predicted molar refractivity (Wildman–Crippen MR) is 126 cm³/mol. The van der Waals surface area contributed by atoms with Crippen molar-refractivity contribution in [2.75, 3.05) is 26.2 Å². The fourth-order valence-corrected chi connectivity index (χ4v) is 5.23. The lowest BCUT2D eigenvalue weighted by molar-refractivity contribution is -0.121. The first-order valence-electron chi connectivity index (χ1n) is 11.5. The lowest BCUT2D eigenvalue weighted by Gasteiger charge is -2.20. The number of esters is 1. The molecule has 0 atom stereocenters. The summed E-state index contributed by atoms with van der Waals surface area (Å²) < 4.78 is 32.4. The number of benzene rings is 2. The molecule has 1 fully saturated rings. The smallest absolute Gasteiger partial charge is 0.338 e. The highest BCUT2D eigenvalue weighted by atomic mass is 32.2. The number of nitrogens with one attached hydrogen (secondary N) is 1. The molecular formula is C25H32N2O5S. The molecule has 178 valence electrons. The van der Waals surface area contributed by atoms with Crippen molar-refractivity contribution in [2.45, 2.75) is 50.3 Å². The molecule has 1 aliphatic rings. The van der Waals surface area contributed by atoms with Crippen molar-refractivity contribution in [3.05, 3.63) is 65.2 Å². The fraction of sp³-hybridized carbons (Fsp3) is 0.440. The van der Waals surface area contributed by atoms with E-state index in [0.717, 1.165) is 31.2 Å². The topological polar surface area (TPSA) is 92.8 Å². The Bertz CT molecular complexity index is 1030. The van der Waals surface area contributed by atoms with Crippen LogP contribution in [0.15, 0.2) is 53.4 Å². The summed E-state index contributed by atoms with van der Waals surface area (Å²) in [7, 11) is -3.55. The molecule has 0 aliphatic carbocycles. The van der Waals surface area contributed by atoms with Gasteiger partial charge in [0.2, 0.25) is 15.9 Å². The van der Waals surface area contributed by atoms with Gasteiger partial charge in [-0.15, -0.1) is 0 Å². The first-order valence-corrected chi connectivity index (χ1v) is 12.9. The van der Waals surface area contributed by atoms with Crippen LogP contribution in [0.2, 0.25) is 0 Å². The van der Waals surface area contributed by atoms with E-state index in [2.05, 4.69) is 5.32 Å². The molecule has 0 saturated carbocycles. The van der Waals surface area contributed by atoms with Crippen molar-refractivity contribution in [1.29, 1.82) is 0 Å². The van der Waals surface area contributed by atoms with Crippen LogP contribution in [-0.2, 0) is 26.0 Å². The monoisotopic (exact) mass is 472 g/mol. The maximum absolute atomic E-state index is 12.8. The van der Waals surface area contributed by atoms with Crippen LogP contribution in [-0.4, -0.2) is 50.8 Å². The molecule has 33 heavy (non-hydrogen) atoms. The third-order valence-corrected chi connectivity index (χ3v) is 7.62. The first kappa shape index (κ1) is 24.9. The molecule has 0 unspecified atom stereocenters. The Balaban J connectivity index is 1.41. The van der Waals surface area contributed by atoms with Gasteiger partial charge in [-0.05, 0) is 56.0 Å². The molecule has 0 aromatic heterocycles. The van der Waals surface area contributed by atoms with Gasteiger partial charge in [0.15, 0.2) is 0 Å². The number of nitrogens with zero attached hydrogens (tertiary/aromatic N) is 1. The number of rotatable bonds is 9. The van der Waals surface area contributed by atoms with Crippen LogP contribution in [0.4, 0.5) is 0 Å². The Hall–Kier alpha value is -2.71. The van der Waals surface area contributed by atoms with E-state index < -0.39 is 16.0 Å². The van der Waals surface area contributed by atoms with E-state index in [-0.39, 0.29) is 29.5 Å². The van der Waals surface area contributed by atoms with Crippen molar-refractivity contribution in [3.8, 4) is 0 Å². The molecule has 1 aliphatic heterocycles. The van der Waals surface area contributed by atoms with Gasteiger partial charge in [0.1, 0.15) is 6.61 Å². The molecule has 3 rings (SSSR count). The number of sulfonamides is 1. The lowest BCUT2D eigenvalue weighted by Crippen LogP contribution is -2.31. The SMILES string of the molecule is Cc1ccc(CCC(=O)NCCOC(=O)c2ccc(S(=O)(=O)N3CCCCCC3)cc2)cc1.